The highest BCUT2D eigenvalue weighted by molar-refractivity contribution is 5.87. The summed E-state index contributed by atoms with van der Waals surface area (Å²) in [4.78, 5) is 17.7. The zero-order chi connectivity index (χ0) is 15.4. The number of benzene rings is 1. The molecule has 1 aliphatic heterocycles. The van der Waals surface area contributed by atoms with Gasteiger partial charge < -0.3 is 15.3 Å². The lowest BCUT2D eigenvalue weighted by Gasteiger charge is -2.16. The van der Waals surface area contributed by atoms with Crippen molar-refractivity contribution in [3.8, 4) is 0 Å². The van der Waals surface area contributed by atoms with E-state index in [1.54, 1.807) is 18.2 Å². The molecule has 0 amide bonds. The number of rotatable bonds is 5. The van der Waals surface area contributed by atoms with Gasteiger partial charge in [-0.15, -0.1) is 0 Å². The summed E-state index contributed by atoms with van der Waals surface area (Å²) < 4.78 is 0. The van der Waals surface area contributed by atoms with Crippen LogP contribution in [0.15, 0.2) is 42.6 Å². The van der Waals surface area contributed by atoms with E-state index in [1.807, 2.05) is 24.4 Å². The Bertz CT molecular complexity index is 649. The van der Waals surface area contributed by atoms with Crippen LogP contribution in [-0.2, 0) is 6.54 Å². The lowest BCUT2D eigenvalue weighted by atomic mass is 10.1. The van der Waals surface area contributed by atoms with E-state index in [0.29, 0.717) is 12.1 Å². The van der Waals surface area contributed by atoms with Crippen LogP contribution in [0.4, 0.5) is 11.5 Å². The van der Waals surface area contributed by atoms with Crippen LogP contribution >= 0.6 is 0 Å². The summed E-state index contributed by atoms with van der Waals surface area (Å²) in [6.07, 6.45) is 4.30. The highest BCUT2D eigenvalue weighted by Crippen LogP contribution is 2.19. The predicted molar refractivity (Wildman–Crippen MR) is 86.4 cm³/mol. The molecule has 0 aliphatic carbocycles. The topological polar surface area (TPSA) is 65.5 Å². The van der Waals surface area contributed by atoms with Crippen LogP contribution in [0.1, 0.15) is 28.8 Å². The smallest absolute Gasteiger partial charge is 0.335 e. The van der Waals surface area contributed by atoms with E-state index >= 15 is 0 Å². The zero-order valence-electron chi connectivity index (χ0n) is 12.3. The molecule has 0 radical (unpaired) electrons. The van der Waals surface area contributed by atoms with Crippen molar-refractivity contribution in [2.75, 3.05) is 23.3 Å². The zero-order valence-corrected chi connectivity index (χ0v) is 12.3. The number of pyridine rings is 1. The molecule has 0 atom stereocenters. The fourth-order valence-electron chi connectivity index (χ4n) is 2.64. The first-order valence-electron chi connectivity index (χ1n) is 7.49. The first kappa shape index (κ1) is 14.4. The van der Waals surface area contributed by atoms with Crippen LogP contribution in [0.2, 0.25) is 0 Å². The highest BCUT2D eigenvalue weighted by Gasteiger charge is 2.12. The average Bonchev–Trinajstić information content (AvgIpc) is 3.08. The summed E-state index contributed by atoms with van der Waals surface area (Å²) in [6, 6.07) is 11.0. The number of carbonyl (C=O) groups is 1. The number of hydrogen-bond donors (Lipinski definition) is 2. The van der Waals surface area contributed by atoms with Crippen LogP contribution in [0.25, 0.3) is 0 Å². The molecule has 1 fully saturated rings. The largest absolute Gasteiger partial charge is 0.478 e. The Labute approximate surface area is 129 Å². The fraction of sp³-hybridized carbons (Fsp3) is 0.294. The molecule has 5 nitrogen and oxygen atoms in total. The second-order valence-corrected chi connectivity index (χ2v) is 5.46. The van der Waals surface area contributed by atoms with Gasteiger partial charge in [-0.05, 0) is 42.7 Å². The summed E-state index contributed by atoms with van der Waals surface area (Å²) in [7, 11) is 0. The van der Waals surface area contributed by atoms with Crippen LogP contribution in [0, 0.1) is 0 Å². The number of anilines is 2. The third-order valence-corrected chi connectivity index (χ3v) is 3.85. The average molecular weight is 297 g/mol. The number of nitrogens with zero attached hydrogens (tertiary/aromatic N) is 2. The molecule has 3 rings (SSSR count). The number of aromatic carboxylic acids is 1. The molecule has 0 unspecified atom stereocenters. The van der Waals surface area contributed by atoms with Crippen molar-refractivity contribution in [1.82, 2.24) is 4.98 Å². The first-order valence-corrected chi connectivity index (χ1v) is 7.49. The van der Waals surface area contributed by atoms with Gasteiger partial charge in [-0.25, -0.2) is 9.78 Å². The van der Waals surface area contributed by atoms with E-state index in [-0.39, 0.29) is 0 Å². The van der Waals surface area contributed by atoms with Crippen LogP contribution in [0.3, 0.4) is 0 Å². The van der Waals surface area contributed by atoms with Gasteiger partial charge in [-0.1, -0.05) is 12.1 Å². The standard InChI is InChI=1S/C17H19N3O2/c21-17(22)14-5-3-4-13(10-14)11-18-15-6-7-16(19-12-15)20-8-1-2-9-20/h3-7,10,12,18H,1-2,8-9,11H2,(H,21,22). The Kier molecular flexibility index (Phi) is 4.23. The molecular formula is C17H19N3O2. The molecule has 1 aromatic heterocycles. The van der Waals surface area contributed by atoms with Gasteiger partial charge in [0.25, 0.3) is 0 Å². The summed E-state index contributed by atoms with van der Waals surface area (Å²) in [5.74, 6) is 0.120. The minimum atomic E-state index is -0.904. The van der Waals surface area contributed by atoms with Crippen molar-refractivity contribution in [2.45, 2.75) is 19.4 Å². The number of carboxylic acids is 1. The van der Waals surface area contributed by atoms with Crippen LogP contribution < -0.4 is 10.2 Å². The molecule has 5 heteroatoms. The van der Waals surface area contributed by atoms with Gasteiger partial charge in [0.2, 0.25) is 0 Å². The molecule has 2 aromatic rings. The molecule has 0 bridgehead atoms. The molecule has 1 aliphatic rings. The van der Waals surface area contributed by atoms with Crippen molar-refractivity contribution in [1.29, 1.82) is 0 Å². The van der Waals surface area contributed by atoms with Crippen LogP contribution in [-0.4, -0.2) is 29.1 Å². The van der Waals surface area contributed by atoms with E-state index < -0.39 is 5.97 Å². The van der Waals surface area contributed by atoms with Crippen molar-refractivity contribution >= 4 is 17.5 Å². The minimum absolute atomic E-state index is 0.307. The maximum Gasteiger partial charge on any atom is 0.335 e. The monoisotopic (exact) mass is 297 g/mol. The molecule has 0 saturated carbocycles. The number of aromatic nitrogens is 1. The summed E-state index contributed by atoms with van der Waals surface area (Å²) in [5.41, 5.74) is 2.18. The van der Waals surface area contributed by atoms with Gasteiger partial charge in [0.15, 0.2) is 0 Å². The molecule has 0 spiro atoms. The number of carboxylic acid groups (broad SMARTS) is 1. The maximum atomic E-state index is 11.0. The fourth-order valence-corrected chi connectivity index (χ4v) is 2.64. The molecule has 1 saturated heterocycles. The van der Waals surface area contributed by atoms with Gasteiger partial charge >= 0.3 is 5.97 Å². The van der Waals surface area contributed by atoms with Gasteiger partial charge in [0.1, 0.15) is 5.82 Å². The van der Waals surface area contributed by atoms with E-state index in [4.69, 9.17) is 5.11 Å². The van der Waals surface area contributed by atoms with Crippen molar-refractivity contribution < 1.29 is 9.90 Å². The van der Waals surface area contributed by atoms with Gasteiger partial charge in [-0.2, -0.15) is 0 Å². The van der Waals surface area contributed by atoms with Crippen molar-refractivity contribution in [2.24, 2.45) is 0 Å². The lowest BCUT2D eigenvalue weighted by molar-refractivity contribution is 0.0697. The third-order valence-electron chi connectivity index (χ3n) is 3.85. The predicted octanol–water partition coefficient (Wildman–Crippen LogP) is 2.99. The van der Waals surface area contributed by atoms with Crippen molar-refractivity contribution in [3.63, 3.8) is 0 Å². The second-order valence-electron chi connectivity index (χ2n) is 5.46. The Hall–Kier alpha value is -2.56. The third kappa shape index (κ3) is 3.36. The molecular weight excluding hydrogens is 278 g/mol. The Balaban J connectivity index is 1.61. The van der Waals surface area contributed by atoms with E-state index in [2.05, 4.69) is 15.2 Å². The summed E-state index contributed by atoms with van der Waals surface area (Å²) in [6.45, 7) is 2.75. The van der Waals surface area contributed by atoms with E-state index in [0.717, 1.165) is 30.2 Å². The maximum absolute atomic E-state index is 11.0. The lowest BCUT2D eigenvalue weighted by Crippen LogP contribution is -2.18. The number of hydrogen-bond acceptors (Lipinski definition) is 4. The van der Waals surface area contributed by atoms with Gasteiger partial charge in [0, 0.05) is 19.6 Å². The molecule has 114 valence electrons. The van der Waals surface area contributed by atoms with E-state index in [9.17, 15) is 4.79 Å². The Morgan fingerprint density at radius 3 is 2.73 bits per heavy atom. The normalized spacial score (nSPS) is 14.1. The van der Waals surface area contributed by atoms with Crippen molar-refractivity contribution in [3.05, 3.63) is 53.7 Å². The minimum Gasteiger partial charge on any atom is -0.478 e. The molecule has 1 aromatic carbocycles. The highest BCUT2D eigenvalue weighted by atomic mass is 16.4. The Morgan fingerprint density at radius 2 is 2.05 bits per heavy atom. The van der Waals surface area contributed by atoms with Gasteiger partial charge in [0.05, 0.1) is 17.4 Å². The SMILES string of the molecule is O=C(O)c1cccc(CNc2ccc(N3CCCC3)nc2)c1. The Morgan fingerprint density at radius 1 is 1.23 bits per heavy atom. The first-order chi connectivity index (χ1) is 10.7. The second kappa shape index (κ2) is 6.47. The number of nitrogens with one attached hydrogen (secondary N) is 1. The summed E-state index contributed by atoms with van der Waals surface area (Å²) in [5, 5.41) is 12.3. The molecule has 22 heavy (non-hydrogen) atoms. The quantitative estimate of drug-likeness (QED) is 0.888. The van der Waals surface area contributed by atoms with E-state index in [1.165, 1.54) is 12.8 Å². The summed E-state index contributed by atoms with van der Waals surface area (Å²) >= 11 is 0. The molecule has 2 N–H and O–H groups in total. The van der Waals surface area contributed by atoms with Gasteiger partial charge in [-0.3, -0.25) is 0 Å². The van der Waals surface area contributed by atoms with Crippen LogP contribution in [0.5, 0.6) is 0 Å². The molecule has 2 heterocycles.